The van der Waals surface area contributed by atoms with E-state index in [0.717, 1.165) is 0 Å². The summed E-state index contributed by atoms with van der Waals surface area (Å²) in [6.45, 7) is 1.73. The second-order valence-electron chi connectivity index (χ2n) is 2.85. The third-order valence-corrected chi connectivity index (χ3v) is 2.24. The van der Waals surface area contributed by atoms with Crippen molar-refractivity contribution in [3.8, 4) is 0 Å². The first-order valence-corrected chi connectivity index (χ1v) is 5.74. The Morgan fingerprint density at radius 1 is 1.46 bits per heavy atom. The quantitative estimate of drug-likeness (QED) is 0.721. The molecule has 4 heteroatoms. The van der Waals surface area contributed by atoms with Gasteiger partial charge >= 0.3 is 0 Å². The summed E-state index contributed by atoms with van der Waals surface area (Å²) in [4.78, 5) is 4.03. The molecule has 0 spiro atoms. The number of allylic oxidation sites excluding steroid dienone is 1. The SMILES string of the molecule is C/C(=C\S(C)(=O)=O)c1ccccn1. The van der Waals surface area contributed by atoms with Crippen LogP contribution in [0.2, 0.25) is 0 Å². The molecule has 1 aromatic heterocycles. The maximum atomic E-state index is 10.9. The van der Waals surface area contributed by atoms with Gasteiger partial charge in [0, 0.05) is 17.9 Å². The lowest BCUT2D eigenvalue weighted by atomic mass is 10.2. The Labute approximate surface area is 78.0 Å². The van der Waals surface area contributed by atoms with E-state index in [9.17, 15) is 8.42 Å². The van der Waals surface area contributed by atoms with Crippen LogP contribution in [-0.2, 0) is 9.84 Å². The number of hydrogen-bond acceptors (Lipinski definition) is 3. The predicted octanol–water partition coefficient (Wildman–Crippen LogP) is 1.49. The Balaban J connectivity index is 3.06. The summed E-state index contributed by atoms with van der Waals surface area (Å²) >= 11 is 0. The van der Waals surface area contributed by atoms with Crippen molar-refractivity contribution in [1.29, 1.82) is 0 Å². The lowest BCUT2D eigenvalue weighted by Gasteiger charge is -1.97. The molecule has 0 saturated heterocycles. The molecule has 0 bridgehead atoms. The highest BCUT2D eigenvalue weighted by Crippen LogP contribution is 2.10. The van der Waals surface area contributed by atoms with E-state index in [1.54, 1.807) is 25.3 Å². The molecule has 1 heterocycles. The summed E-state index contributed by atoms with van der Waals surface area (Å²) < 4.78 is 21.8. The zero-order chi connectivity index (χ0) is 9.90. The number of aromatic nitrogens is 1. The molecule has 70 valence electrons. The molecular formula is C9H11NO2S. The van der Waals surface area contributed by atoms with Crippen LogP contribution >= 0.6 is 0 Å². The molecule has 0 unspecified atom stereocenters. The summed E-state index contributed by atoms with van der Waals surface area (Å²) in [6, 6.07) is 5.39. The number of pyridine rings is 1. The normalized spacial score (nSPS) is 12.9. The minimum atomic E-state index is -3.07. The van der Waals surface area contributed by atoms with Crippen molar-refractivity contribution >= 4 is 15.4 Å². The van der Waals surface area contributed by atoms with Gasteiger partial charge in [-0.2, -0.15) is 0 Å². The molecule has 0 saturated carbocycles. The third-order valence-electron chi connectivity index (χ3n) is 1.46. The number of sulfone groups is 1. The topological polar surface area (TPSA) is 47.0 Å². The third kappa shape index (κ3) is 3.38. The molecule has 0 atom stereocenters. The minimum Gasteiger partial charge on any atom is -0.257 e. The van der Waals surface area contributed by atoms with Gasteiger partial charge in [-0.25, -0.2) is 8.42 Å². The van der Waals surface area contributed by atoms with Crippen LogP contribution in [0.25, 0.3) is 5.57 Å². The van der Waals surface area contributed by atoms with E-state index < -0.39 is 9.84 Å². The summed E-state index contributed by atoms with van der Waals surface area (Å²) in [5.74, 6) is 0. The zero-order valence-corrected chi connectivity index (χ0v) is 8.38. The molecule has 0 aliphatic rings. The standard InChI is InChI=1S/C9H11NO2S/c1-8(7-13(2,11)12)9-5-3-4-6-10-9/h3-7H,1-2H3/b8-7+. The minimum absolute atomic E-state index is 0.656. The van der Waals surface area contributed by atoms with Crippen molar-refractivity contribution in [1.82, 2.24) is 4.98 Å². The van der Waals surface area contributed by atoms with Gasteiger partial charge in [-0.1, -0.05) is 6.07 Å². The molecular weight excluding hydrogens is 186 g/mol. The molecule has 0 aliphatic heterocycles. The fourth-order valence-corrected chi connectivity index (χ4v) is 1.74. The van der Waals surface area contributed by atoms with Crippen LogP contribution in [0.5, 0.6) is 0 Å². The fraction of sp³-hybridized carbons (Fsp3) is 0.222. The molecule has 0 amide bonds. The Hall–Kier alpha value is -1.16. The molecule has 3 nitrogen and oxygen atoms in total. The van der Waals surface area contributed by atoms with Gasteiger partial charge in [0.15, 0.2) is 9.84 Å². The van der Waals surface area contributed by atoms with E-state index in [-0.39, 0.29) is 0 Å². The molecule has 0 aromatic carbocycles. The van der Waals surface area contributed by atoms with Crippen molar-refractivity contribution in [2.45, 2.75) is 6.92 Å². The Morgan fingerprint density at radius 2 is 2.15 bits per heavy atom. The van der Waals surface area contributed by atoms with E-state index in [4.69, 9.17) is 0 Å². The molecule has 0 aliphatic carbocycles. The van der Waals surface area contributed by atoms with Crippen molar-refractivity contribution in [2.75, 3.05) is 6.26 Å². The number of nitrogens with zero attached hydrogens (tertiary/aromatic N) is 1. The van der Waals surface area contributed by atoms with Crippen LogP contribution in [0.15, 0.2) is 29.8 Å². The second-order valence-corrected chi connectivity index (χ2v) is 4.74. The lowest BCUT2D eigenvalue weighted by molar-refractivity contribution is 0.610. The number of rotatable bonds is 2. The van der Waals surface area contributed by atoms with Crippen molar-refractivity contribution in [3.63, 3.8) is 0 Å². The molecule has 13 heavy (non-hydrogen) atoms. The highest BCUT2D eigenvalue weighted by Gasteiger charge is 2.00. The van der Waals surface area contributed by atoms with Crippen molar-refractivity contribution in [3.05, 3.63) is 35.5 Å². The average Bonchev–Trinajstić information content (AvgIpc) is 2.03. The second kappa shape index (κ2) is 3.70. The predicted molar refractivity (Wildman–Crippen MR) is 52.7 cm³/mol. The smallest absolute Gasteiger partial charge is 0.169 e. The highest BCUT2D eigenvalue weighted by molar-refractivity contribution is 7.93. The molecule has 0 fully saturated rings. The molecule has 1 aromatic rings. The van der Waals surface area contributed by atoms with Gasteiger partial charge in [0.25, 0.3) is 0 Å². The van der Waals surface area contributed by atoms with Gasteiger partial charge in [-0.15, -0.1) is 0 Å². The fourth-order valence-electron chi connectivity index (χ4n) is 0.978. The largest absolute Gasteiger partial charge is 0.257 e. The van der Waals surface area contributed by atoms with Crippen LogP contribution < -0.4 is 0 Å². The van der Waals surface area contributed by atoms with Gasteiger partial charge in [-0.3, -0.25) is 4.98 Å². The molecule has 0 radical (unpaired) electrons. The summed E-state index contributed by atoms with van der Waals surface area (Å²) in [6.07, 6.45) is 2.80. The number of hydrogen-bond donors (Lipinski definition) is 0. The van der Waals surface area contributed by atoms with E-state index in [1.165, 1.54) is 11.7 Å². The highest BCUT2D eigenvalue weighted by atomic mass is 32.2. The van der Waals surface area contributed by atoms with E-state index in [2.05, 4.69) is 4.98 Å². The maximum absolute atomic E-state index is 10.9. The monoisotopic (exact) mass is 197 g/mol. The van der Waals surface area contributed by atoms with Gasteiger partial charge in [-0.05, 0) is 24.6 Å². The van der Waals surface area contributed by atoms with Crippen LogP contribution in [-0.4, -0.2) is 19.7 Å². The first-order chi connectivity index (χ1) is 5.99. The van der Waals surface area contributed by atoms with E-state index >= 15 is 0 Å². The van der Waals surface area contributed by atoms with Crippen molar-refractivity contribution in [2.24, 2.45) is 0 Å². The van der Waals surface area contributed by atoms with Gasteiger partial charge < -0.3 is 0 Å². The van der Waals surface area contributed by atoms with Gasteiger partial charge in [0.05, 0.1) is 5.69 Å². The summed E-state index contributed by atoms with van der Waals surface area (Å²) in [5.41, 5.74) is 1.34. The Morgan fingerprint density at radius 3 is 2.62 bits per heavy atom. The first-order valence-electron chi connectivity index (χ1n) is 3.79. The zero-order valence-electron chi connectivity index (χ0n) is 7.56. The van der Waals surface area contributed by atoms with Crippen LogP contribution in [0.4, 0.5) is 0 Å². The van der Waals surface area contributed by atoms with Gasteiger partial charge in [0.2, 0.25) is 0 Å². The van der Waals surface area contributed by atoms with Crippen LogP contribution in [0.3, 0.4) is 0 Å². The van der Waals surface area contributed by atoms with Crippen LogP contribution in [0, 0.1) is 0 Å². The Bertz CT molecular complexity index is 407. The lowest BCUT2D eigenvalue weighted by Crippen LogP contribution is -1.92. The Kier molecular flexibility index (Phi) is 2.83. The maximum Gasteiger partial charge on any atom is 0.169 e. The van der Waals surface area contributed by atoms with E-state index in [0.29, 0.717) is 11.3 Å². The average molecular weight is 197 g/mol. The van der Waals surface area contributed by atoms with Crippen molar-refractivity contribution < 1.29 is 8.42 Å². The first kappa shape index (κ1) is 9.92. The summed E-state index contributed by atoms with van der Waals surface area (Å²) in [5, 5.41) is 1.22. The van der Waals surface area contributed by atoms with Crippen LogP contribution in [0.1, 0.15) is 12.6 Å². The molecule has 0 N–H and O–H groups in total. The van der Waals surface area contributed by atoms with Gasteiger partial charge in [0.1, 0.15) is 0 Å². The van der Waals surface area contributed by atoms with E-state index in [1.807, 2.05) is 6.07 Å². The molecule has 1 rings (SSSR count). The summed E-state index contributed by atoms with van der Waals surface area (Å²) in [7, 11) is -3.07.